The summed E-state index contributed by atoms with van der Waals surface area (Å²) in [6.45, 7) is 4.13. The summed E-state index contributed by atoms with van der Waals surface area (Å²) in [5.41, 5.74) is 2.89. The van der Waals surface area contributed by atoms with Gasteiger partial charge in [0.25, 0.3) is 0 Å². The van der Waals surface area contributed by atoms with Crippen molar-refractivity contribution in [3.8, 4) is 5.75 Å². The summed E-state index contributed by atoms with van der Waals surface area (Å²) >= 11 is 0. The summed E-state index contributed by atoms with van der Waals surface area (Å²) in [6, 6.07) is 0. The number of aryl methyl sites for hydroxylation is 1. The highest BCUT2D eigenvalue weighted by molar-refractivity contribution is 5.79. The highest BCUT2D eigenvalue weighted by Gasteiger charge is 2.39. The number of alkyl halides is 3. The molecule has 2 aromatic heterocycles. The van der Waals surface area contributed by atoms with Crippen LogP contribution in [0.4, 0.5) is 13.2 Å². The summed E-state index contributed by atoms with van der Waals surface area (Å²) in [5, 5.41) is 2.84. The van der Waals surface area contributed by atoms with Gasteiger partial charge >= 0.3 is 6.18 Å². The third kappa shape index (κ3) is 3.77. The average molecular weight is 382 g/mol. The number of imidazole rings is 1. The zero-order valence-corrected chi connectivity index (χ0v) is 15.4. The lowest BCUT2D eigenvalue weighted by Gasteiger charge is -2.24. The van der Waals surface area contributed by atoms with Crippen molar-refractivity contribution in [2.75, 3.05) is 7.11 Å². The first-order valence-corrected chi connectivity index (χ1v) is 8.60. The predicted molar refractivity (Wildman–Crippen MR) is 91.1 cm³/mol. The van der Waals surface area contributed by atoms with Crippen molar-refractivity contribution < 1.29 is 22.7 Å². The Kier molecular flexibility index (Phi) is 5.12. The van der Waals surface area contributed by atoms with Crippen LogP contribution in [0.25, 0.3) is 0 Å². The fourth-order valence-corrected chi connectivity index (χ4v) is 3.48. The van der Waals surface area contributed by atoms with Crippen molar-refractivity contribution in [3.05, 3.63) is 40.7 Å². The Bertz CT molecular complexity index is 861. The van der Waals surface area contributed by atoms with Gasteiger partial charge in [0, 0.05) is 48.1 Å². The van der Waals surface area contributed by atoms with Crippen LogP contribution in [0.3, 0.4) is 0 Å². The number of aromatic nitrogens is 3. The molecule has 1 atom stereocenters. The molecule has 0 aliphatic carbocycles. The maximum absolute atomic E-state index is 12.9. The second-order valence-corrected chi connectivity index (χ2v) is 6.68. The van der Waals surface area contributed by atoms with E-state index in [9.17, 15) is 18.0 Å². The normalized spacial score (nSPS) is 16.7. The largest absolute Gasteiger partial charge is 0.496 e. The van der Waals surface area contributed by atoms with E-state index in [4.69, 9.17) is 4.74 Å². The van der Waals surface area contributed by atoms with Crippen molar-refractivity contribution in [2.45, 2.75) is 46.0 Å². The summed E-state index contributed by atoms with van der Waals surface area (Å²) in [4.78, 5) is 20.3. The molecule has 0 unspecified atom stereocenters. The highest BCUT2D eigenvalue weighted by atomic mass is 19.4. The molecule has 1 aliphatic rings. The number of nitrogens with zero attached hydrogens (tertiary/aromatic N) is 3. The van der Waals surface area contributed by atoms with Crippen LogP contribution >= 0.6 is 0 Å². The zero-order valence-electron chi connectivity index (χ0n) is 15.4. The lowest BCUT2D eigenvalue weighted by molar-refractivity contribution is -0.147. The van der Waals surface area contributed by atoms with Gasteiger partial charge < -0.3 is 14.6 Å². The SMILES string of the molecule is COc1c(C)cnc(CNC(=O)[C@H]2CCn3c(cnc3C(F)(F)F)C2)c1C. The van der Waals surface area contributed by atoms with Gasteiger partial charge in [-0.2, -0.15) is 13.2 Å². The van der Waals surface area contributed by atoms with Crippen LogP contribution in [-0.4, -0.2) is 27.6 Å². The van der Waals surface area contributed by atoms with Crippen molar-refractivity contribution >= 4 is 5.91 Å². The quantitative estimate of drug-likeness (QED) is 0.883. The molecule has 0 saturated carbocycles. The van der Waals surface area contributed by atoms with Crippen LogP contribution in [0.5, 0.6) is 5.75 Å². The molecule has 1 aliphatic heterocycles. The van der Waals surface area contributed by atoms with E-state index in [-0.39, 0.29) is 31.3 Å². The number of carbonyl (C=O) groups excluding carboxylic acids is 1. The number of carbonyl (C=O) groups is 1. The minimum atomic E-state index is -4.49. The van der Waals surface area contributed by atoms with Gasteiger partial charge in [-0.05, 0) is 20.3 Å². The van der Waals surface area contributed by atoms with E-state index in [2.05, 4.69) is 15.3 Å². The van der Waals surface area contributed by atoms with E-state index in [1.54, 1.807) is 13.3 Å². The minimum absolute atomic E-state index is 0.123. The number of nitrogens with one attached hydrogen (secondary N) is 1. The smallest absolute Gasteiger partial charge is 0.449 e. The number of fused-ring (bicyclic) bond motifs is 1. The van der Waals surface area contributed by atoms with Crippen molar-refractivity contribution in [1.82, 2.24) is 19.9 Å². The molecule has 27 heavy (non-hydrogen) atoms. The fourth-order valence-electron chi connectivity index (χ4n) is 3.48. The molecule has 0 aromatic carbocycles. The number of hydrogen-bond acceptors (Lipinski definition) is 4. The number of halogens is 3. The van der Waals surface area contributed by atoms with E-state index in [0.29, 0.717) is 17.8 Å². The number of hydrogen-bond donors (Lipinski definition) is 1. The van der Waals surface area contributed by atoms with Gasteiger partial charge in [-0.25, -0.2) is 4.98 Å². The van der Waals surface area contributed by atoms with Gasteiger partial charge in [-0.3, -0.25) is 9.78 Å². The van der Waals surface area contributed by atoms with E-state index in [1.165, 1.54) is 6.20 Å². The molecule has 0 radical (unpaired) electrons. The Morgan fingerprint density at radius 1 is 1.33 bits per heavy atom. The minimum Gasteiger partial charge on any atom is -0.496 e. The Hall–Kier alpha value is -2.58. The molecule has 146 valence electrons. The second-order valence-electron chi connectivity index (χ2n) is 6.68. The Morgan fingerprint density at radius 3 is 2.74 bits per heavy atom. The molecular formula is C18H21F3N4O2. The fraction of sp³-hybridized carbons (Fsp3) is 0.500. The maximum Gasteiger partial charge on any atom is 0.449 e. The topological polar surface area (TPSA) is 69.0 Å². The summed E-state index contributed by atoms with van der Waals surface area (Å²) in [7, 11) is 1.58. The van der Waals surface area contributed by atoms with Crippen molar-refractivity contribution in [1.29, 1.82) is 0 Å². The molecule has 1 amide bonds. The molecule has 0 bridgehead atoms. The Labute approximate surface area is 154 Å². The number of ether oxygens (including phenoxy) is 1. The third-order valence-electron chi connectivity index (χ3n) is 4.90. The molecule has 3 rings (SSSR count). The lowest BCUT2D eigenvalue weighted by atomic mass is 9.95. The Morgan fingerprint density at radius 2 is 2.07 bits per heavy atom. The van der Waals surface area contributed by atoms with Crippen LogP contribution in [0, 0.1) is 19.8 Å². The molecule has 9 heteroatoms. The van der Waals surface area contributed by atoms with Gasteiger partial charge in [0.05, 0.1) is 19.3 Å². The van der Waals surface area contributed by atoms with E-state index in [0.717, 1.165) is 21.4 Å². The average Bonchev–Trinajstić information content (AvgIpc) is 3.04. The van der Waals surface area contributed by atoms with Crippen LogP contribution in [0.15, 0.2) is 12.4 Å². The molecule has 0 fully saturated rings. The second kappa shape index (κ2) is 7.21. The van der Waals surface area contributed by atoms with Crippen LogP contribution in [-0.2, 0) is 30.5 Å². The number of rotatable bonds is 4. The van der Waals surface area contributed by atoms with E-state index < -0.39 is 12.0 Å². The summed E-state index contributed by atoms with van der Waals surface area (Å²) in [6.07, 6.45) is -1.02. The molecule has 6 nitrogen and oxygen atoms in total. The first-order chi connectivity index (χ1) is 12.7. The van der Waals surface area contributed by atoms with Gasteiger partial charge in [0.1, 0.15) is 5.75 Å². The van der Waals surface area contributed by atoms with Crippen molar-refractivity contribution in [3.63, 3.8) is 0 Å². The zero-order chi connectivity index (χ0) is 19.8. The van der Waals surface area contributed by atoms with Gasteiger partial charge in [-0.15, -0.1) is 0 Å². The summed E-state index contributed by atoms with van der Waals surface area (Å²) < 4.78 is 45.3. The van der Waals surface area contributed by atoms with Gasteiger partial charge in [0.2, 0.25) is 11.7 Å². The molecule has 0 saturated heterocycles. The standard InChI is InChI=1S/C18H21F3N4O2/c1-10-7-22-14(11(2)15(10)27-3)9-23-16(26)12-4-5-25-13(6-12)8-24-17(25)18(19,20)21/h7-8,12H,4-6,9H2,1-3H3,(H,23,26)/t12-/m0/s1. The first-order valence-electron chi connectivity index (χ1n) is 8.60. The molecule has 0 spiro atoms. The van der Waals surface area contributed by atoms with E-state index in [1.807, 2.05) is 13.8 Å². The monoisotopic (exact) mass is 382 g/mol. The van der Waals surface area contributed by atoms with Crippen LogP contribution in [0.2, 0.25) is 0 Å². The molecule has 1 N–H and O–H groups in total. The molecule has 3 heterocycles. The van der Waals surface area contributed by atoms with E-state index >= 15 is 0 Å². The molecule has 2 aromatic rings. The number of amides is 1. The first kappa shape index (κ1) is 19.2. The summed E-state index contributed by atoms with van der Waals surface area (Å²) in [5.74, 6) is -0.752. The van der Waals surface area contributed by atoms with Crippen molar-refractivity contribution in [2.24, 2.45) is 5.92 Å². The van der Waals surface area contributed by atoms with Crippen LogP contribution < -0.4 is 10.1 Å². The van der Waals surface area contributed by atoms with Crippen LogP contribution in [0.1, 0.15) is 34.8 Å². The Balaban J connectivity index is 1.66. The maximum atomic E-state index is 12.9. The van der Waals surface area contributed by atoms with Gasteiger partial charge in [-0.1, -0.05) is 0 Å². The number of pyridine rings is 1. The number of methoxy groups -OCH3 is 1. The highest BCUT2D eigenvalue weighted by Crippen LogP contribution is 2.32. The third-order valence-corrected chi connectivity index (χ3v) is 4.90. The van der Waals surface area contributed by atoms with Gasteiger partial charge in [0.15, 0.2) is 0 Å². The lowest BCUT2D eigenvalue weighted by Crippen LogP contribution is -2.35. The predicted octanol–water partition coefficient (Wildman–Crippen LogP) is 2.80. The molecular weight excluding hydrogens is 361 g/mol.